The first-order valence-electron chi connectivity index (χ1n) is 7.01. The number of aromatic amines is 1. The second-order valence-electron chi connectivity index (χ2n) is 5.29. The molecule has 0 radical (unpaired) electrons. The molecule has 7 heteroatoms. The van der Waals surface area contributed by atoms with Crippen molar-refractivity contribution in [2.24, 2.45) is 0 Å². The van der Waals surface area contributed by atoms with E-state index in [1.54, 1.807) is 42.5 Å². The molecule has 1 N–H and O–H groups in total. The minimum atomic E-state index is -3.21. The van der Waals surface area contributed by atoms with E-state index in [1.165, 1.54) is 12.1 Å². The molecule has 0 bridgehead atoms. The fourth-order valence-electron chi connectivity index (χ4n) is 2.21. The van der Waals surface area contributed by atoms with E-state index in [9.17, 15) is 13.2 Å². The number of fused-ring (bicyclic) bond motifs is 1. The number of halogens is 1. The lowest BCUT2D eigenvalue weighted by atomic mass is 10.2. The number of nitrogens with one attached hydrogen (secondary N) is 1. The Labute approximate surface area is 143 Å². The van der Waals surface area contributed by atoms with E-state index in [-0.39, 0.29) is 10.5 Å². The molecule has 0 fully saturated rings. The summed E-state index contributed by atoms with van der Waals surface area (Å²) in [7, 11) is -3.21. The lowest BCUT2D eigenvalue weighted by molar-refractivity contribution is 0.602. The van der Waals surface area contributed by atoms with Crippen molar-refractivity contribution in [3.8, 4) is 0 Å². The normalized spacial score (nSPS) is 12.1. The van der Waals surface area contributed by atoms with Crippen molar-refractivity contribution in [3.63, 3.8) is 0 Å². The Morgan fingerprint density at radius 1 is 1.08 bits per heavy atom. The number of sulfone groups is 1. The standard InChI is InChI=1S/C17H13ClN2O3S/c1-24(22,23)13-6-2-11(3-7-13)4-9-16-19-15-8-5-12(18)10-14(15)17(21)20-16/h2-10H,1H3,(H,19,20,21)/b9-4+. The Balaban J connectivity index is 1.93. The van der Waals surface area contributed by atoms with Crippen molar-refractivity contribution in [2.75, 3.05) is 6.26 Å². The van der Waals surface area contributed by atoms with Crippen LogP contribution in [-0.2, 0) is 9.84 Å². The molecular formula is C17H13ClN2O3S. The molecule has 1 heterocycles. The largest absolute Gasteiger partial charge is 0.306 e. The lowest BCUT2D eigenvalue weighted by Gasteiger charge is -2.00. The molecule has 0 aliphatic carbocycles. The highest BCUT2D eigenvalue weighted by molar-refractivity contribution is 7.90. The van der Waals surface area contributed by atoms with Gasteiger partial charge in [0.05, 0.1) is 15.8 Å². The summed E-state index contributed by atoms with van der Waals surface area (Å²) in [4.78, 5) is 19.3. The summed E-state index contributed by atoms with van der Waals surface area (Å²) in [5.41, 5.74) is 1.08. The van der Waals surface area contributed by atoms with E-state index in [0.717, 1.165) is 11.8 Å². The van der Waals surface area contributed by atoms with Gasteiger partial charge in [0.15, 0.2) is 9.84 Å². The van der Waals surface area contributed by atoms with Gasteiger partial charge >= 0.3 is 0 Å². The Bertz CT molecular complexity index is 1100. The van der Waals surface area contributed by atoms with Crippen LogP contribution in [0.15, 0.2) is 52.2 Å². The number of aromatic nitrogens is 2. The molecule has 1 aromatic heterocycles. The molecule has 2 aromatic carbocycles. The van der Waals surface area contributed by atoms with Crippen LogP contribution in [0.5, 0.6) is 0 Å². The summed E-state index contributed by atoms with van der Waals surface area (Å²) in [6.45, 7) is 0. The van der Waals surface area contributed by atoms with Crippen LogP contribution in [0.1, 0.15) is 11.4 Å². The number of benzene rings is 2. The van der Waals surface area contributed by atoms with Crippen LogP contribution in [0.4, 0.5) is 0 Å². The maximum Gasteiger partial charge on any atom is 0.259 e. The third-order valence-electron chi connectivity index (χ3n) is 3.43. The number of nitrogens with zero attached hydrogens (tertiary/aromatic N) is 1. The zero-order valence-electron chi connectivity index (χ0n) is 12.7. The lowest BCUT2D eigenvalue weighted by Crippen LogP contribution is -2.09. The van der Waals surface area contributed by atoms with Gasteiger partial charge in [0.1, 0.15) is 5.82 Å². The van der Waals surface area contributed by atoms with Crippen molar-refractivity contribution < 1.29 is 8.42 Å². The SMILES string of the molecule is CS(=O)(=O)c1ccc(/C=C/c2nc3ccc(Cl)cc3c(=O)[nH]2)cc1. The first-order valence-corrected chi connectivity index (χ1v) is 9.28. The molecule has 122 valence electrons. The average Bonchev–Trinajstić information content (AvgIpc) is 2.53. The number of rotatable bonds is 3. The van der Waals surface area contributed by atoms with Gasteiger partial charge in [-0.3, -0.25) is 4.79 Å². The van der Waals surface area contributed by atoms with Gasteiger partial charge in [-0.1, -0.05) is 29.8 Å². The first kappa shape index (κ1) is 16.4. The van der Waals surface area contributed by atoms with Gasteiger partial charge in [0.25, 0.3) is 5.56 Å². The molecule has 0 saturated carbocycles. The van der Waals surface area contributed by atoms with Crippen LogP contribution in [0.2, 0.25) is 5.02 Å². The predicted molar refractivity (Wildman–Crippen MR) is 95.9 cm³/mol. The van der Waals surface area contributed by atoms with Crippen molar-refractivity contribution in [1.29, 1.82) is 0 Å². The number of hydrogen-bond donors (Lipinski definition) is 1. The van der Waals surface area contributed by atoms with Gasteiger partial charge in [0.2, 0.25) is 0 Å². The molecule has 0 unspecified atom stereocenters. The van der Waals surface area contributed by atoms with Gasteiger partial charge in [0, 0.05) is 11.3 Å². The molecule has 24 heavy (non-hydrogen) atoms. The minimum Gasteiger partial charge on any atom is -0.306 e. The molecule has 0 aliphatic heterocycles. The van der Waals surface area contributed by atoms with Crippen molar-refractivity contribution >= 4 is 44.5 Å². The topological polar surface area (TPSA) is 79.9 Å². The molecule has 0 atom stereocenters. The maximum absolute atomic E-state index is 12.1. The molecule has 3 rings (SSSR count). The van der Waals surface area contributed by atoms with E-state index in [2.05, 4.69) is 9.97 Å². The third kappa shape index (κ3) is 3.55. The van der Waals surface area contributed by atoms with E-state index >= 15 is 0 Å². The van der Waals surface area contributed by atoms with E-state index in [4.69, 9.17) is 11.6 Å². The molecule has 0 aliphatic rings. The monoisotopic (exact) mass is 360 g/mol. The Kier molecular flexibility index (Phi) is 4.26. The summed E-state index contributed by atoms with van der Waals surface area (Å²) in [6.07, 6.45) is 4.56. The first-order chi connectivity index (χ1) is 11.3. The van der Waals surface area contributed by atoms with Crippen LogP contribution in [-0.4, -0.2) is 24.6 Å². The highest BCUT2D eigenvalue weighted by atomic mass is 35.5. The number of H-pyrrole nitrogens is 1. The molecule has 3 aromatic rings. The highest BCUT2D eigenvalue weighted by Gasteiger charge is 2.05. The van der Waals surface area contributed by atoms with Gasteiger partial charge in [-0.2, -0.15) is 0 Å². The molecule has 0 spiro atoms. The van der Waals surface area contributed by atoms with E-state index in [1.807, 2.05) is 0 Å². The fraction of sp³-hybridized carbons (Fsp3) is 0.0588. The van der Waals surface area contributed by atoms with E-state index in [0.29, 0.717) is 21.7 Å². The van der Waals surface area contributed by atoms with Gasteiger partial charge < -0.3 is 4.98 Å². The van der Waals surface area contributed by atoms with Gasteiger partial charge in [-0.25, -0.2) is 13.4 Å². The van der Waals surface area contributed by atoms with Crippen molar-refractivity contribution in [1.82, 2.24) is 9.97 Å². The summed E-state index contributed by atoms with van der Waals surface area (Å²) in [6, 6.07) is 11.4. The Hall–Kier alpha value is -2.44. The summed E-state index contributed by atoms with van der Waals surface area (Å²) in [5.74, 6) is 0.405. The summed E-state index contributed by atoms with van der Waals surface area (Å²) in [5, 5.41) is 0.904. The molecule has 0 saturated heterocycles. The zero-order chi connectivity index (χ0) is 17.3. The second-order valence-corrected chi connectivity index (χ2v) is 7.74. The average molecular weight is 361 g/mol. The summed E-state index contributed by atoms with van der Waals surface area (Å²) >= 11 is 5.88. The molecular weight excluding hydrogens is 348 g/mol. The van der Waals surface area contributed by atoms with Crippen LogP contribution in [0, 0.1) is 0 Å². The minimum absolute atomic E-state index is 0.258. The fourth-order valence-corrected chi connectivity index (χ4v) is 3.01. The molecule has 0 amide bonds. The van der Waals surface area contributed by atoms with Crippen molar-refractivity contribution in [3.05, 3.63) is 69.2 Å². The highest BCUT2D eigenvalue weighted by Crippen LogP contribution is 2.15. The molecule has 5 nitrogen and oxygen atoms in total. The smallest absolute Gasteiger partial charge is 0.259 e. The third-order valence-corrected chi connectivity index (χ3v) is 4.79. The van der Waals surface area contributed by atoms with Crippen LogP contribution < -0.4 is 5.56 Å². The van der Waals surface area contributed by atoms with Gasteiger partial charge in [-0.05, 0) is 42.0 Å². The second kappa shape index (κ2) is 6.22. The maximum atomic E-state index is 12.1. The van der Waals surface area contributed by atoms with E-state index < -0.39 is 9.84 Å². The number of hydrogen-bond acceptors (Lipinski definition) is 4. The Morgan fingerprint density at radius 2 is 1.79 bits per heavy atom. The summed E-state index contributed by atoms with van der Waals surface area (Å²) < 4.78 is 22.9. The van der Waals surface area contributed by atoms with Crippen LogP contribution in [0.25, 0.3) is 23.1 Å². The van der Waals surface area contributed by atoms with Crippen molar-refractivity contribution in [2.45, 2.75) is 4.90 Å². The Morgan fingerprint density at radius 3 is 2.46 bits per heavy atom. The predicted octanol–water partition coefficient (Wildman–Crippen LogP) is 3.15. The zero-order valence-corrected chi connectivity index (χ0v) is 14.2. The van der Waals surface area contributed by atoms with Gasteiger partial charge in [-0.15, -0.1) is 0 Å². The van der Waals surface area contributed by atoms with Crippen LogP contribution >= 0.6 is 11.6 Å². The van der Waals surface area contributed by atoms with Crippen LogP contribution in [0.3, 0.4) is 0 Å². The quantitative estimate of drug-likeness (QED) is 0.778.